The quantitative estimate of drug-likeness (QED) is 0.503. The molecule has 0 heterocycles. The van der Waals surface area contributed by atoms with Crippen LogP contribution in [-0.2, 0) is 5.41 Å². The lowest BCUT2D eigenvalue weighted by Gasteiger charge is -2.19. The zero-order chi connectivity index (χ0) is 15.6. The SMILES string of the molecule is CC(C)(C)c1ccc(OC(=O)c2ccc(N)cc2O)cc1. The number of benzene rings is 2. The van der Waals surface area contributed by atoms with E-state index in [0.29, 0.717) is 11.4 Å². The molecule has 0 unspecified atom stereocenters. The number of nitrogen functional groups attached to an aromatic ring is 1. The average molecular weight is 285 g/mol. The normalized spacial score (nSPS) is 11.2. The first-order valence-corrected chi connectivity index (χ1v) is 6.68. The van der Waals surface area contributed by atoms with Gasteiger partial charge in [0, 0.05) is 11.8 Å². The van der Waals surface area contributed by atoms with Crippen LogP contribution in [0.1, 0.15) is 36.7 Å². The topological polar surface area (TPSA) is 72.5 Å². The first-order valence-electron chi connectivity index (χ1n) is 6.68. The highest BCUT2D eigenvalue weighted by atomic mass is 16.5. The summed E-state index contributed by atoms with van der Waals surface area (Å²) in [5.74, 6) is -0.369. The zero-order valence-corrected chi connectivity index (χ0v) is 12.4. The minimum absolute atomic E-state index is 0.0394. The van der Waals surface area contributed by atoms with Gasteiger partial charge in [0.2, 0.25) is 0 Å². The lowest BCUT2D eigenvalue weighted by Crippen LogP contribution is -2.12. The molecule has 0 saturated heterocycles. The lowest BCUT2D eigenvalue weighted by atomic mass is 9.87. The molecule has 0 saturated carbocycles. The number of esters is 1. The Hall–Kier alpha value is -2.49. The van der Waals surface area contributed by atoms with Crippen LogP contribution in [0.5, 0.6) is 11.5 Å². The third kappa shape index (κ3) is 3.54. The number of nitrogens with two attached hydrogens (primary N) is 1. The Morgan fingerprint density at radius 3 is 2.24 bits per heavy atom. The van der Waals surface area contributed by atoms with Gasteiger partial charge in [0.05, 0.1) is 0 Å². The highest BCUT2D eigenvalue weighted by Gasteiger charge is 2.16. The van der Waals surface area contributed by atoms with E-state index in [9.17, 15) is 9.90 Å². The van der Waals surface area contributed by atoms with Gasteiger partial charge < -0.3 is 15.6 Å². The van der Waals surface area contributed by atoms with Crippen molar-refractivity contribution in [2.45, 2.75) is 26.2 Å². The van der Waals surface area contributed by atoms with Gasteiger partial charge in [-0.25, -0.2) is 4.79 Å². The first-order chi connectivity index (χ1) is 9.77. The summed E-state index contributed by atoms with van der Waals surface area (Å²) in [5.41, 5.74) is 7.19. The molecule has 0 bridgehead atoms. The number of carbonyl (C=O) groups is 1. The van der Waals surface area contributed by atoms with E-state index in [-0.39, 0.29) is 16.7 Å². The molecule has 4 nitrogen and oxygen atoms in total. The third-order valence-electron chi connectivity index (χ3n) is 3.17. The minimum atomic E-state index is -0.615. The van der Waals surface area contributed by atoms with E-state index in [1.807, 2.05) is 12.1 Å². The molecule has 0 aliphatic rings. The maximum atomic E-state index is 12.0. The first kappa shape index (κ1) is 14.9. The lowest BCUT2D eigenvalue weighted by molar-refractivity contribution is 0.0731. The molecular formula is C17H19NO3. The molecule has 2 aromatic carbocycles. The smallest absolute Gasteiger partial charge is 0.347 e. The summed E-state index contributed by atoms with van der Waals surface area (Å²) in [6.45, 7) is 6.33. The van der Waals surface area contributed by atoms with Gasteiger partial charge in [0.25, 0.3) is 0 Å². The fraction of sp³-hybridized carbons (Fsp3) is 0.235. The van der Waals surface area contributed by atoms with Gasteiger partial charge in [-0.2, -0.15) is 0 Å². The van der Waals surface area contributed by atoms with E-state index in [1.54, 1.807) is 18.2 Å². The Bertz CT molecular complexity index is 655. The van der Waals surface area contributed by atoms with Crippen LogP contribution in [0.3, 0.4) is 0 Å². The van der Waals surface area contributed by atoms with Crippen molar-refractivity contribution >= 4 is 11.7 Å². The van der Waals surface area contributed by atoms with Crippen LogP contribution in [0.15, 0.2) is 42.5 Å². The summed E-state index contributed by atoms with van der Waals surface area (Å²) in [7, 11) is 0. The Kier molecular flexibility index (Phi) is 3.89. The fourth-order valence-electron chi connectivity index (χ4n) is 1.91. The molecular weight excluding hydrogens is 266 g/mol. The van der Waals surface area contributed by atoms with Crippen molar-refractivity contribution in [1.29, 1.82) is 0 Å². The molecule has 4 heteroatoms. The molecule has 21 heavy (non-hydrogen) atoms. The number of hydrogen-bond donors (Lipinski definition) is 2. The fourth-order valence-corrected chi connectivity index (χ4v) is 1.91. The maximum Gasteiger partial charge on any atom is 0.347 e. The number of carbonyl (C=O) groups excluding carboxylic acids is 1. The molecule has 0 radical (unpaired) electrons. The Morgan fingerprint density at radius 2 is 1.71 bits per heavy atom. The van der Waals surface area contributed by atoms with Crippen molar-refractivity contribution in [3.05, 3.63) is 53.6 Å². The number of anilines is 1. The van der Waals surface area contributed by atoms with Crippen molar-refractivity contribution in [2.24, 2.45) is 0 Å². The molecule has 0 amide bonds. The summed E-state index contributed by atoms with van der Waals surface area (Å²) in [6.07, 6.45) is 0. The largest absolute Gasteiger partial charge is 0.507 e. The van der Waals surface area contributed by atoms with Crippen LogP contribution in [0.4, 0.5) is 5.69 Å². The second-order valence-electron chi connectivity index (χ2n) is 5.94. The van der Waals surface area contributed by atoms with Crippen LogP contribution in [0.25, 0.3) is 0 Å². The van der Waals surface area contributed by atoms with Crippen LogP contribution in [-0.4, -0.2) is 11.1 Å². The second kappa shape index (κ2) is 5.48. The zero-order valence-electron chi connectivity index (χ0n) is 12.4. The number of phenolic OH excluding ortho intramolecular Hbond substituents is 1. The van der Waals surface area contributed by atoms with E-state index >= 15 is 0 Å². The monoisotopic (exact) mass is 285 g/mol. The summed E-state index contributed by atoms with van der Waals surface area (Å²) >= 11 is 0. The molecule has 0 aliphatic carbocycles. The van der Waals surface area contributed by atoms with Crippen molar-refractivity contribution in [3.8, 4) is 11.5 Å². The van der Waals surface area contributed by atoms with E-state index in [0.717, 1.165) is 5.56 Å². The Morgan fingerprint density at radius 1 is 1.10 bits per heavy atom. The van der Waals surface area contributed by atoms with E-state index in [2.05, 4.69) is 20.8 Å². The van der Waals surface area contributed by atoms with Gasteiger partial charge in [-0.3, -0.25) is 0 Å². The third-order valence-corrected chi connectivity index (χ3v) is 3.17. The van der Waals surface area contributed by atoms with E-state index in [1.165, 1.54) is 12.1 Å². The highest BCUT2D eigenvalue weighted by molar-refractivity contribution is 5.94. The summed E-state index contributed by atoms with van der Waals surface area (Å²) in [6, 6.07) is 11.6. The van der Waals surface area contributed by atoms with Crippen LogP contribution in [0.2, 0.25) is 0 Å². The number of rotatable bonds is 2. The average Bonchev–Trinajstić information content (AvgIpc) is 2.38. The van der Waals surface area contributed by atoms with Gasteiger partial charge in [-0.05, 0) is 35.2 Å². The molecule has 3 N–H and O–H groups in total. The van der Waals surface area contributed by atoms with Crippen molar-refractivity contribution in [1.82, 2.24) is 0 Å². The van der Waals surface area contributed by atoms with Gasteiger partial charge in [-0.1, -0.05) is 32.9 Å². The van der Waals surface area contributed by atoms with Crippen molar-refractivity contribution < 1.29 is 14.6 Å². The van der Waals surface area contributed by atoms with Gasteiger partial charge >= 0.3 is 5.97 Å². The number of phenols is 1. The van der Waals surface area contributed by atoms with E-state index < -0.39 is 5.97 Å². The Balaban J connectivity index is 2.16. The maximum absolute atomic E-state index is 12.0. The van der Waals surface area contributed by atoms with E-state index in [4.69, 9.17) is 10.5 Å². The minimum Gasteiger partial charge on any atom is -0.507 e. The van der Waals surface area contributed by atoms with Crippen LogP contribution in [0, 0.1) is 0 Å². The molecule has 110 valence electrons. The molecule has 0 aliphatic heterocycles. The van der Waals surface area contributed by atoms with Crippen molar-refractivity contribution in [3.63, 3.8) is 0 Å². The summed E-state index contributed by atoms with van der Waals surface area (Å²) in [4.78, 5) is 12.0. The molecule has 0 atom stereocenters. The van der Waals surface area contributed by atoms with Gasteiger partial charge in [0.15, 0.2) is 0 Å². The summed E-state index contributed by atoms with van der Waals surface area (Å²) < 4.78 is 5.25. The van der Waals surface area contributed by atoms with Crippen LogP contribution < -0.4 is 10.5 Å². The highest BCUT2D eigenvalue weighted by Crippen LogP contribution is 2.26. The predicted molar refractivity (Wildman–Crippen MR) is 82.6 cm³/mol. The standard InChI is InChI=1S/C17H19NO3/c1-17(2,3)11-4-7-13(8-5-11)21-16(20)14-9-6-12(18)10-15(14)19/h4-10,19H,18H2,1-3H3. The van der Waals surface area contributed by atoms with Crippen LogP contribution >= 0.6 is 0 Å². The number of hydrogen-bond acceptors (Lipinski definition) is 4. The number of ether oxygens (including phenoxy) is 1. The molecule has 2 aromatic rings. The molecule has 0 fully saturated rings. The Labute approximate surface area is 124 Å². The van der Waals surface area contributed by atoms with Gasteiger partial charge in [-0.15, -0.1) is 0 Å². The predicted octanol–water partition coefficient (Wildman–Crippen LogP) is 3.49. The molecule has 2 rings (SSSR count). The molecule has 0 aromatic heterocycles. The summed E-state index contributed by atoms with van der Waals surface area (Å²) in [5, 5.41) is 9.71. The van der Waals surface area contributed by atoms with Crippen molar-refractivity contribution in [2.75, 3.05) is 5.73 Å². The van der Waals surface area contributed by atoms with Gasteiger partial charge in [0.1, 0.15) is 17.1 Å². The second-order valence-corrected chi connectivity index (χ2v) is 5.94. The molecule has 0 spiro atoms. The number of aromatic hydroxyl groups is 1.